The van der Waals surface area contributed by atoms with Gasteiger partial charge in [-0.15, -0.1) is 0 Å². The molecule has 1 heterocycles. The second-order valence-corrected chi connectivity index (χ2v) is 11.9. The van der Waals surface area contributed by atoms with Gasteiger partial charge in [-0.05, 0) is 86.7 Å². The number of aryl methyl sites for hydroxylation is 1. The first-order chi connectivity index (χ1) is 17.9. The van der Waals surface area contributed by atoms with Crippen LogP contribution in [0, 0.1) is 12.7 Å². The van der Waals surface area contributed by atoms with Crippen LogP contribution in [0.1, 0.15) is 50.8 Å². The van der Waals surface area contributed by atoms with Gasteiger partial charge in [-0.25, -0.2) is 4.39 Å². The fourth-order valence-corrected chi connectivity index (χ4v) is 5.97. The third-order valence-electron chi connectivity index (χ3n) is 6.54. The van der Waals surface area contributed by atoms with Crippen molar-refractivity contribution in [1.82, 2.24) is 0 Å². The predicted octanol–water partition coefficient (Wildman–Crippen LogP) is 7.15. The maximum absolute atomic E-state index is 14.0. The van der Waals surface area contributed by atoms with Crippen LogP contribution >= 0.6 is 0 Å². The lowest BCUT2D eigenvalue weighted by atomic mass is 9.85. The van der Waals surface area contributed by atoms with Gasteiger partial charge in [0.05, 0.1) is 18.4 Å². The Labute approximate surface area is 225 Å². The largest absolute Gasteiger partial charge is 0.496 e. The Hall–Kier alpha value is -3.52. The number of fused-ring (bicyclic) bond motifs is 1. The molecule has 0 saturated heterocycles. The standard InChI is InChI=1S/C30H35FN2O4S/c1-7-14-38(34,35)37-22-10-11-24(28(16-22)36-6)23-12-13-26-29(20(3)17-30(4,5)33-26)25(23)18-32-27-15-21(31)9-8-19(27)2/h8-13,15-17,32-33H,7,14,18H2,1-6H3. The Morgan fingerprint density at radius 2 is 1.76 bits per heavy atom. The molecular weight excluding hydrogens is 503 g/mol. The van der Waals surface area contributed by atoms with Crippen molar-refractivity contribution in [2.45, 2.75) is 53.1 Å². The summed E-state index contributed by atoms with van der Waals surface area (Å²) < 4.78 is 49.4. The van der Waals surface area contributed by atoms with Crippen LogP contribution in [0.5, 0.6) is 11.5 Å². The Morgan fingerprint density at radius 1 is 1.03 bits per heavy atom. The van der Waals surface area contributed by atoms with Crippen molar-refractivity contribution >= 4 is 27.1 Å². The number of benzene rings is 3. The zero-order valence-electron chi connectivity index (χ0n) is 22.7. The third-order valence-corrected chi connectivity index (χ3v) is 7.89. The van der Waals surface area contributed by atoms with E-state index in [0.717, 1.165) is 44.8 Å². The minimum atomic E-state index is -3.68. The zero-order valence-corrected chi connectivity index (χ0v) is 23.6. The maximum atomic E-state index is 14.0. The monoisotopic (exact) mass is 538 g/mol. The number of halogens is 1. The topological polar surface area (TPSA) is 76.7 Å². The van der Waals surface area contributed by atoms with Crippen LogP contribution in [-0.2, 0) is 16.7 Å². The number of hydrogen-bond donors (Lipinski definition) is 2. The molecule has 0 amide bonds. The van der Waals surface area contributed by atoms with Gasteiger partial charge in [-0.1, -0.05) is 25.1 Å². The van der Waals surface area contributed by atoms with Crippen LogP contribution in [0.4, 0.5) is 15.8 Å². The molecule has 3 aromatic carbocycles. The maximum Gasteiger partial charge on any atom is 0.309 e. The molecule has 0 unspecified atom stereocenters. The summed E-state index contributed by atoms with van der Waals surface area (Å²) in [6.07, 6.45) is 2.66. The quantitative estimate of drug-likeness (QED) is 0.282. The average Bonchev–Trinajstić information content (AvgIpc) is 2.83. The Kier molecular flexibility index (Phi) is 7.74. The van der Waals surface area contributed by atoms with Crippen LogP contribution < -0.4 is 19.6 Å². The summed E-state index contributed by atoms with van der Waals surface area (Å²) in [7, 11) is -2.14. The summed E-state index contributed by atoms with van der Waals surface area (Å²) in [6.45, 7) is 10.5. The van der Waals surface area contributed by atoms with Gasteiger partial charge < -0.3 is 19.6 Å². The minimum Gasteiger partial charge on any atom is -0.496 e. The Bertz CT molecular complexity index is 1500. The summed E-state index contributed by atoms with van der Waals surface area (Å²) >= 11 is 0. The highest BCUT2D eigenvalue weighted by molar-refractivity contribution is 7.87. The van der Waals surface area contributed by atoms with Crippen LogP contribution in [0.3, 0.4) is 0 Å². The predicted molar refractivity (Wildman–Crippen MR) is 153 cm³/mol. The van der Waals surface area contributed by atoms with Gasteiger partial charge >= 0.3 is 10.1 Å². The molecule has 8 heteroatoms. The number of nitrogens with one attached hydrogen (secondary N) is 2. The summed E-state index contributed by atoms with van der Waals surface area (Å²) in [5.74, 6) is 0.324. The van der Waals surface area contributed by atoms with E-state index in [2.05, 4.69) is 43.5 Å². The van der Waals surface area contributed by atoms with E-state index in [9.17, 15) is 12.8 Å². The summed E-state index contributed by atoms with van der Waals surface area (Å²) in [6, 6.07) is 13.8. The van der Waals surface area contributed by atoms with Crippen molar-refractivity contribution in [2.24, 2.45) is 0 Å². The van der Waals surface area contributed by atoms with Crippen molar-refractivity contribution in [1.29, 1.82) is 0 Å². The van der Waals surface area contributed by atoms with Gasteiger partial charge in [-0.3, -0.25) is 0 Å². The van der Waals surface area contributed by atoms with E-state index in [-0.39, 0.29) is 22.9 Å². The molecule has 202 valence electrons. The average molecular weight is 539 g/mol. The molecule has 0 atom stereocenters. The number of allylic oxidation sites excluding steroid dienone is 1. The summed E-state index contributed by atoms with van der Waals surface area (Å²) in [5, 5.41) is 7.02. The van der Waals surface area contributed by atoms with E-state index >= 15 is 0 Å². The molecule has 0 bridgehead atoms. The van der Waals surface area contributed by atoms with Gasteiger partial charge in [0.25, 0.3) is 0 Å². The van der Waals surface area contributed by atoms with E-state index in [0.29, 0.717) is 18.7 Å². The molecule has 0 aromatic heterocycles. The highest BCUT2D eigenvalue weighted by atomic mass is 32.2. The Balaban J connectivity index is 1.83. The normalized spacial score (nSPS) is 14.2. The molecule has 1 aliphatic rings. The zero-order chi connectivity index (χ0) is 27.7. The van der Waals surface area contributed by atoms with Gasteiger partial charge in [-0.2, -0.15) is 8.42 Å². The molecule has 6 nitrogen and oxygen atoms in total. The number of anilines is 2. The molecule has 0 saturated carbocycles. The van der Waals surface area contributed by atoms with Crippen molar-refractivity contribution in [2.75, 3.05) is 23.5 Å². The third kappa shape index (κ3) is 5.96. The highest BCUT2D eigenvalue weighted by Crippen LogP contribution is 2.43. The SMILES string of the molecule is CCCS(=O)(=O)Oc1ccc(-c2ccc3c(c2CNc2cc(F)ccc2C)C(C)=CC(C)(C)N3)c(OC)c1. The van der Waals surface area contributed by atoms with E-state index < -0.39 is 10.1 Å². The van der Waals surface area contributed by atoms with Gasteiger partial charge in [0.1, 0.15) is 17.3 Å². The molecule has 0 fully saturated rings. The number of methoxy groups -OCH3 is 1. The van der Waals surface area contributed by atoms with Gasteiger partial charge in [0, 0.05) is 35.1 Å². The molecule has 0 aliphatic carbocycles. The highest BCUT2D eigenvalue weighted by Gasteiger charge is 2.27. The molecular formula is C30H35FN2O4S. The fraction of sp³-hybridized carbons (Fsp3) is 0.333. The van der Waals surface area contributed by atoms with E-state index in [1.807, 2.05) is 19.1 Å². The molecule has 2 N–H and O–H groups in total. The minimum absolute atomic E-state index is 0.0633. The summed E-state index contributed by atoms with van der Waals surface area (Å²) in [4.78, 5) is 0. The van der Waals surface area contributed by atoms with E-state index in [4.69, 9.17) is 8.92 Å². The molecule has 0 spiro atoms. The lowest BCUT2D eigenvalue weighted by Gasteiger charge is -2.33. The molecule has 38 heavy (non-hydrogen) atoms. The van der Waals surface area contributed by atoms with Crippen LogP contribution in [-0.4, -0.2) is 26.8 Å². The van der Waals surface area contributed by atoms with Crippen molar-refractivity contribution in [3.63, 3.8) is 0 Å². The smallest absolute Gasteiger partial charge is 0.309 e. The first-order valence-corrected chi connectivity index (χ1v) is 14.2. The second kappa shape index (κ2) is 10.7. The fourth-order valence-electron chi connectivity index (χ4n) is 4.99. The lowest BCUT2D eigenvalue weighted by molar-refractivity contribution is 0.413. The van der Waals surface area contributed by atoms with Crippen LogP contribution in [0.25, 0.3) is 16.7 Å². The van der Waals surface area contributed by atoms with Gasteiger partial charge in [0.2, 0.25) is 0 Å². The lowest BCUT2D eigenvalue weighted by Crippen LogP contribution is -2.32. The molecule has 0 radical (unpaired) electrons. The first kappa shape index (κ1) is 27.5. The number of ether oxygens (including phenoxy) is 1. The van der Waals surface area contributed by atoms with E-state index in [1.165, 1.54) is 12.1 Å². The van der Waals surface area contributed by atoms with Crippen LogP contribution in [0.2, 0.25) is 0 Å². The molecule has 4 rings (SSSR count). The van der Waals surface area contributed by atoms with Crippen LogP contribution in [0.15, 0.2) is 54.6 Å². The number of rotatable bonds is 9. The summed E-state index contributed by atoms with van der Waals surface area (Å²) in [5.41, 5.74) is 7.38. The second-order valence-electron chi connectivity index (χ2n) is 10.2. The number of hydrogen-bond acceptors (Lipinski definition) is 6. The molecule has 1 aliphatic heterocycles. The van der Waals surface area contributed by atoms with Crippen molar-refractivity contribution < 1.29 is 21.7 Å². The first-order valence-electron chi connectivity index (χ1n) is 12.7. The Morgan fingerprint density at radius 3 is 2.47 bits per heavy atom. The van der Waals surface area contributed by atoms with Crippen molar-refractivity contribution in [3.8, 4) is 22.6 Å². The van der Waals surface area contributed by atoms with Crippen molar-refractivity contribution in [3.05, 3.63) is 77.1 Å². The molecule has 3 aromatic rings. The van der Waals surface area contributed by atoms with E-state index in [1.54, 1.807) is 32.2 Å². The van der Waals surface area contributed by atoms with Gasteiger partial charge in [0.15, 0.2) is 0 Å².